The van der Waals surface area contributed by atoms with Crippen molar-refractivity contribution >= 4 is 11.3 Å². The molecular formula is C11H17N3S. The first-order chi connectivity index (χ1) is 7.34. The second-order valence-corrected chi connectivity index (χ2v) is 5.48. The Hall–Kier alpha value is -0.450. The Balaban J connectivity index is 1.78. The quantitative estimate of drug-likeness (QED) is 0.825. The van der Waals surface area contributed by atoms with Crippen LogP contribution < -0.4 is 5.32 Å². The van der Waals surface area contributed by atoms with E-state index in [0.717, 1.165) is 25.6 Å². The molecule has 1 N–H and O–H groups in total. The number of hydrogen-bond donors (Lipinski definition) is 1. The van der Waals surface area contributed by atoms with Crippen molar-refractivity contribution in [3.8, 4) is 0 Å². The van der Waals surface area contributed by atoms with Gasteiger partial charge in [0.15, 0.2) is 0 Å². The number of piperazine rings is 1. The van der Waals surface area contributed by atoms with E-state index in [-0.39, 0.29) is 0 Å². The summed E-state index contributed by atoms with van der Waals surface area (Å²) >= 11 is 1.85. The number of nitrogens with zero attached hydrogens (tertiary/aromatic N) is 2. The smallest absolute Gasteiger partial charge is 0.0959 e. The van der Waals surface area contributed by atoms with E-state index in [1.54, 1.807) is 0 Å². The van der Waals surface area contributed by atoms with Crippen LogP contribution in [0.5, 0.6) is 0 Å². The van der Waals surface area contributed by atoms with E-state index in [2.05, 4.69) is 22.6 Å². The van der Waals surface area contributed by atoms with Crippen molar-refractivity contribution in [3.63, 3.8) is 0 Å². The third-order valence-electron chi connectivity index (χ3n) is 3.32. The fourth-order valence-corrected chi connectivity index (χ4v) is 3.15. The summed E-state index contributed by atoms with van der Waals surface area (Å²) in [5.41, 5.74) is 1.27. The lowest BCUT2D eigenvalue weighted by Crippen LogP contribution is -2.43. The highest BCUT2D eigenvalue weighted by atomic mass is 32.1. The second kappa shape index (κ2) is 3.85. The number of aromatic nitrogens is 1. The van der Waals surface area contributed by atoms with Gasteiger partial charge in [-0.2, -0.15) is 0 Å². The Morgan fingerprint density at radius 3 is 3.13 bits per heavy atom. The molecule has 1 unspecified atom stereocenters. The van der Waals surface area contributed by atoms with Crippen LogP contribution >= 0.6 is 11.3 Å². The molecule has 0 spiro atoms. The minimum Gasteiger partial charge on any atom is -0.313 e. The summed E-state index contributed by atoms with van der Waals surface area (Å²) in [7, 11) is 2.20. The number of nitrogens with one attached hydrogen (secondary N) is 1. The summed E-state index contributed by atoms with van der Waals surface area (Å²) in [4.78, 5) is 7.19. The fourth-order valence-electron chi connectivity index (χ4n) is 2.11. The van der Waals surface area contributed by atoms with Gasteiger partial charge in [0, 0.05) is 30.9 Å². The van der Waals surface area contributed by atoms with Gasteiger partial charge in [-0.05, 0) is 19.9 Å². The summed E-state index contributed by atoms with van der Waals surface area (Å²) in [6, 6.07) is 0.488. The van der Waals surface area contributed by atoms with Crippen molar-refractivity contribution in [1.29, 1.82) is 0 Å². The Morgan fingerprint density at radius 1 is 1.53 bits per heavy atom. The van der Waals surface area contributed by atoms with Gasteiger partial charge in [-0.15, -0.1) is 11.3 Å². The maximum atomic E-state index is 4.78. The van der Waals surface area contributed by atoms with Gasteiger partial charge in [-0.25, -0.2) is 4.98 Å². The molecule has 1 atom stereocenters. The fraction of sp³-hybridized carbons (Fsp3) is 0.727. The van der Waals surface area contributed by atoms with E-state index < -0.39 is 0 Å². The Labute approximate surface area is 94.5 Å². The molecule has 3 rings (SSSR count). The molecule has 15 heavy (non-hydrogen) atoms. The van der Waals surface area contributed by atoms with Crippen LogP contribution in [0.3, 0.4) is 0 Å². The zero-order valence-corrected chi connectivity index (χ0v) is 9.89. The predicted molar refractivity (Wildman–Crippen MR) is 62.3 cm³/mol. The largest absolute Gasteiger partial charge is 0.313 e. The van der Waals surface area contributed by atoms with Crippen LogP contribution in [0.2, 0.25) is 0 Å². The number of thiazole rings is 1. The average molecular weight is 223 g/mol. The van der Waals surface area contributed by atoms with Crippen molar-refractivity contribution in [2.45, 2.75) is 24.8 Å². The third kappa shape index (κ3) is 1.94. The number of likely N-dealkylation sites (N-methyl/N-ethyl adjacent to an activating group) is 1. The molecule has 3 nitrogen and oxygen atoms in total. The van der Waals surface area contributed by atoms with Crippen LogP contribution in [0.4, 0.5) is 0 Å². The molecule has 2 aliphatic rings. The van der Waals surface area contributed by atoms with E-state index >= 15 is 0 Å². The number of rotatable bonds is 2. The number of hydrogen-bond acceptors (Lipinski definition) is 4. The van der Waals surface area contributed by atoms with Gasteiger partial charge in [0.25, 0.3) is 0 Å². The van der Waals surface area contributed by atoms with Gasteiger partial charge in [-0.3, -0.25) is 4.90 Å². The first-order valence-electron chi connectivity index (χ1n) is 5.71. The van der Waals surface area contributed by atoms with E-state index in [4.69, 9.17) is 4.98 Å². The zero-order valence-electron chi connectivity index (χ0n) is 9.07. The van der Waals surface area contributed by atoms with Gasteiger partial charge in [0.1, 0.15) is 0 Å². The van der Waals surface area contributed by atoms with E-state index in [0.29, 0.717) is 6.04 Å². The van der Waals surface area contributed by atoms with Crippen LogP contribution in [-0.4, -0.2) is 36.6 Å². The molecule has 1 saturated heterocycles. The van der Waals surface area contributed by atoms with Crippen molar-refractivity contribution in [2.75, 3.05) is 26.7 Å². The summed E-state index contributed by atoms with van der Waals surface area (Å²) in [6.07, 6.45) is 2.71. The molecule has 2 heterocycles. The predicted octanol–water partition coefficient (Wildman–Crippen LogP) is 1.60. The Morgan fingerprint density at radius 2 is 2.40 bits per heavy atom. The maximum Gasteiger partial charge on any atom is 0.0959 e. The highest BCUT2D eigenvalue weighted by molar-refractivity contribution is 7.09. The lowest BCUT2D eigenvalue weighted by Gasteiger charge is -2.31. The molecule has 82 valence electrons. The molecule has 2 fully saturated rings. The minimum absolute atomic E-state index is 0.488. The van der Waals surface area contributed by atoms with Gasteiger partial charge < -0.3 is 5.32 Å². The molecule has 4 heteroatoms. The summed E-state index contributed by atoms with van der Waals surface area (Å²) in [6.45, 7) is 3.28. The van der Waals surface area contributed by atoms with Crippen LogP contribution in [0.1, 0.15) is 35.5 Å². The summed E-state index contributed by atoms with van der Waals surface area (Å²) < 4.78 is 0. The van der Waals surface area contributed by atoms with Gasteiger partial charge >= 0.3 is 0 Å². The van der Waals surface area contributed by atoms with E-state index in [9.17, 15) is 0 Å². The third-order valence-corrected chi connectivity index (χ3v) is 4.34. The van der Waals surface area contributed by atoms with Crippen molar-refractivity contribution in [1.82, 2.24) is 15.2 Å². The zero-order chi connectivity index (χ0) is 10.3. The summed E-state index contributed by atoms with van der Waals surface area (Å²) in [5, 5.41) is 7.06. The SMILES string of the molecule is CN1CCNCC1c1csc(C2CC2)n1. The van der Waals surface area contributed by atoms with Gasteiger partial charge in [-0.1, -0.05) is 0 Å². The second-order valence-electron chi connectivity index (χ2n) is 4.59. The average Bonchev–Trinajstić information content (AvgIpc) is 2.99. The molecule has 1 aliphatic carbocycles. The van der Waals surface area contributed by atoms with Crippen LogP contribution in [0, 0.1) is 0 Å². The highest BCUT2D eigenvalue weighted by Crippen LogP contribution is 2.42. The molecular weight excluding hydrogens is 206 g/mol. The molecule has 0 amide bonds. The van der Waals surface area contributed by atoms with Crippen LogP contribution in [-0.2, 0) is 0 Å². The van der Waals surface area contributed by atoms with Crippen molar-refractivity contribution in [2.24, 2.45) is 0 Å². The molecule has 0 radical (unpaired) electrons. The summed E-state index contributed by atoms with van der Waals surface area (Å²) in [5.74, 6) is 0.797. The Kier molecular flexibility index (Phi) is 2.50. The molecule has 0 bridgehead atoms. The van der Waals surface area contributed by atoms with Gasteiger partial charge in [0.2, 0.25) is 0 Å². The molecule has 0 aromatic carbocycles. The standard InChI is InChI=1S/C11H17N3S/c1-14-5-4-12-6-10(14)9-7-15-11(13-9)8-2-3-8/h7-8,10,12H,2-6H2,1H3. The van der Waals surface area contributed by atoms with E-state index in [1.807, 2.05) is 11.3 Å². The molecule has 1 saturated carbocycles. The monoisotopic (exact) mass is 223 g/mol. The lowest BCUT2D eigenvalue weighted by atomic mass is 10.1. The van der Waals surface area contributed by atoms with Crippen LogP contribution in [0.15, 0.2) is 5.38 Å². The molecule has 1 aromatic heterocycles. The highest BCUT2D eigenvalue weighted by Gasteiger charge is 2.29. The normalized spacial score (nSPS) is 28.2. The maximum absolute atomic E-state index is 4.78. The topological polar surface area (TPSA) is 28.2 Å². The first-order valence-corrected chi connectivity index (χ1v) is 6.59. The first kappa shape index (κ1) is 9.75. The van der Waals surface area contributed by atoms with Gasteiger partial charge in [0.05, 0.1) is 16.7 Å². The van der Waals surface area contributed by atoms with Crippen LogP contribution in [0.25, 0.3) is 0 Å². The minimum atomic E-state index is 0.488. The molecule has 1 aliphatic heterocycles. The van der Waals surface area contributed by atoms with Crippen molar-refractivity contribution in [3.05, 3.63) is 16.1 Å². The van der Waals surface area contributed by atoms with E-state index in [1.165, 1.54) is 23.5 Å². The lowest BCUT2D eigenvalue weighted by molar-refractivity contribution is 0.199. The van der Waals surface area contributed by atoms with Crippen molar-refractivity contribution < 1.29 is 0 Å². The molecule has 1 aromatic rings. The Bertz CT molecular complexity index is 345.